The number of fused-ring (bicyclic) bond motifs is 1. The number of halogens is 1. The van der Waals surface area contributed by atoms with Crippen LogP contribution in [-0.2, 0) is 14.8 Å². The molecule has 2 aromatic heterocycles. The molecule has 9 nitrogen and oxygen atoms in total. The third kappa shape index (κ3) is 5.22. The number of pyridine rings is 1. The van der Waals surface area contributed by atoms with Crippen molar-refractivity contribution in [3.8, 4) is 0 Å². The zero-order chi connectivity index (χ0) is 23.6. The molecule has 0 radical (unpaired) electrons. The Morgan fingerprint density at radius 3 is 2.76 bits per heavy atom. The third-order valence-electron chi connectivity index (χ3n) is 5.34. The first kappa shape index (κ1) is 23.7. The number of hydrogen-bond acceptors (Lipinski definition) is 8. The summed E-state index contributed by atoms with van der Waals surface area (Å²) >= 11 is 7.27. The van der Waals surface area contributed by atoms with E-state index in [0.29, 0.717) is 41.6 Å². The van der Waals surface area contributed by atoms with E-state index in [0.717, 1.165) is 28.9 Å². The van der Waals surface area contributed by atoms with Crippen molar-refractivity contribution in [2.45, 2.75) is 30.8 Å². The van der Waals surface area contributed by atoms with Gasteiger partial charge in [0.15, 0.2) is 5.82 Å². The average molecular weight is 511 g/mol. The number of aromatic nitrogens is 1. The van der Waals surface area contributed by atoms with E-state index in [4.69, 9.17) is 21.5 Å². The van der Waals surface area contributed by atoms with Gasteiger partial charge in [-0.25, -0.2) is 18.9 Å². The summed E-state index contributed by atoms with van der Waals surface area (Å²) in [4.78, 5) is 18.4. The van der Waals surface area contributed by atoms with E-state index in [1.807, 2.05) is 11.8 Å². The number of benzene rings is 1. The minimum atomic E-state index is -3.96. The Bertz CT molecular complexity index is 1270. The van der Waals surface area contributed by atoms with Crippen LogP contribution in [0, 0.1) is 0 Å². The Hall–Kier alpha value is -2.44. The third-order valence-corrected chi connectivity index (χ3v) is 8.03. The zero-order valence-corrected chi connectivity index (χ0v) is 20.1. The first-order valence-electron chi connectivity index (χ1n) is 10.3. The topological polar surface area (TPSA) is 121 Å². The molecule has 0 bridgehead atoms. The maximum absolute atomic E-state index is 13.2. The number of anilines is 2. The van der Waals surface area contributed by atoms with Crippen molar-refractivity contribution in [1.82, 2.24) is 10.5 Å². The summed E-state index contributed by atoms with van der Waals surface area (Å²) < 4.78 is 35.4. The number of hydroxylamine groups is 1. The van der Waals surface area contributed by atoms with E-state index in [1.54, 1.807) is 17.6 Å². The molecule has 0 saturated carbocycles. The Morgan fingerprint density at radius 1 is 1.30 bits per heavy atom. The lowest BCUT2D eigenvalue weighted by molar-refractivity contribution is 0.0458. The molecular weight excluding hydrogens is 488 g/mol. The Labute approximate surface area is 200 Å². The van der Waals surface area contributed by atoms with Gasteiger partial charge in [-0.15, -0.1) is 11.3 Å². The van der Waals surface area contributed by atoms with Gasteiger partial charge < -0.3 is 9.64 Å². The van der Waals surface area contributed by atoms with E-state index in [2.05, 4.69) is 9.71 Å². The number of nitrogens with one attached hydrogen (secondary N) is 2. The van der Waals surface area contributed by atoms with Gasteiger partial charge in [0.05, 0.1) is 26.6 Å². The first-order chi connectivity index (χ1) is 15.8. The van der Waals surface area contributed by atoms with Crippen molar-refractivity contribution in [3.05, 3.63) is 46.4 Å². The van der Waals surface area contributed by atoms with Gasteiger partial charge >= 0.3 is 0 Å². The molecule has 1 amide bonds. The van der Waals surface area contributed by atoms with Crippen LogP contribution in [0.15, 0.2) is 41.4 Å². The molecule has 3 heterocycles. The van der Waals surface area contributed by atoms with Crippen LogP contribution in [0.1, 0.15) is 29.4 Å². The van der Waals surface area contributed by atoms with Crippen molar-refractivity contribution in [2.75, 3.05) is 29.3 Å². The lowest BCUT2D eigenvalue weighted by Crippen LogP contribution is -2.38. The van der Waals surface area contributed by atoms with Crippen LogP contribution in [0.3, 0.4) is 0 Å². The molecule has 1 aliphatic heterocycles. The molecule has 176 valence electrons. The number of carbonyl (C=O) groups excluding carboxylic acids is 1. The molecule has 1 fully saturated rings. The molecule has 1 aromatic carbocycles. The van der Waals surface area contributed by atoms with Gasteiger partial charge in [0.25, 0.3) is 15.9 Å². The maximum atomic E-state index is 13.2. The highest BCUT2D eigenvalue weighted by atomic mass is 35.5. The Balaban J connectivity index is 1.60. The highest BCUT2D eigenvalue weighted by Gasteiger charge is 2.25. The quantitative estimate of drug-likeness (QED) is 0.326. The fourth-order valence-corrected chi connectivity index (χ4v) is 5.97. The van der Waals surface area contributed by atoms with Gasteiger partial charge in [-0.2, -0.15) is 0 Å². The molecule has 0 spiro atoms. The summed E-state index contributed by atoms with van der Waals surface area (Å²) in [6, 6.07) is 7.64. The number of thiophene rings is 1. The summed E-state index contributed by atoms with van der Waals surface area (Å²) in [6.45, 7) is 4.00. The summed E-state index contributed by atoms with van der Waals surface area (Å²) in [5.74, 6) is -0.141. The fourth-order valence-electron chi connectivity index (χ4n) is 3.79. The second kappa shape index (κ2) is 9.82. The number of amides is 1. The van der Waals surface area contributed by atoms with Crippen LogP contribution in [0.25, 0.3) is 10.1 Å². The van der Waals surface area contributed by atoms with Gasteiger partial charge in [0.2, 0.25) is 0 Å². The van der Waals surface area contributed by atoms with Crippen molar-refractivity contribution < 1.29 is 23.2 Å². The van der Waals surface area contributed by atoms with Gasteiger partial charge in [-0.1, -0.05) is 11.6 Å². The molecule has 4 rings (SSSR count). The minimum absolute atomic E-state index is 0.0322. The second-order valence-corrected chi connectivity index (χ2v) is 10.7. The van der Waals surface area contributed by atoms with Crippen LogP contribution in [0.2, 0.25) is 5.02 Å². The van der Waals surface area contributed by atoms with Crippen LogP contribution in [-0.4, -0.2) is 50.3 Å². The van der Waals surface area contributed by atoms with Crippen LogP contribution >= 0.6 is 22.9 Å². The molecule has 1 aliphatic rings. The molecule has 0 atom stereocenters. The average Bonchev–Trinajstić information content (AvgIpc) is 3.23. The van der Waals surface area contributed by atoms with E-state index < -0.39 is 15.9 Å². The minimum Gasteiger partial charge on any atom is -0.378 e. The molecule has 1 saturated heterocycles. The number of piperidine rings is 1. The summed E-state index contributed by atoms with van der Waals surface area (Å²) in [6.07, 6.45) is 3.33. The lowest BCUT2D eigenvalue weighted by atomic mass is 10.1. The fraction of sp³-hybridized carbons (Fsp3) is 0.333. The number of sulfonamides is 1. The zero-order valence-electron chi connectivity index (χ0n) is 17.7. The highest BCUT2D eigenvalue weighted by Crippen LogP contribution is 2.32. The van der Waals surface area contributed by atoms with E-state index in [1.165, 1.54) is 24.4 Å². The molecule has 3 aromatic rings. The number of rotatable bonds is 7. The Kier molecular flexibility index (Phi) is 7.05. The van der Waals surface area contributed by atoms with Gasteiger partial charge in [-0.3, -0.25) is 14.7 Å². The second-order valence-electron chi connectivity index (χ2n) is 7.52. The van der Waals surface area contributed by atoms with Gasteiger partial charge in [-0.05, 0) is 55.5 Å². The molecule has 0 aliphatic carbocycles. The predicted octanol–water partition coefficient (Wildman–Crippen LogP) is 3.87. The summed E-state index contributed by atoms with van der Waals surface area (Å²) in [7, 11) is -3.96. The Morgan fingerprint density at radius 2 is 2.06 bits per heavy atom. The van der Waals surface area contributed by atoms with Crippen molar-refractivity contribution in [3.63, 3.8) is 0 Å². The first-order valence-corrected chi connectivity index (χ1v) is 13.0. The maximum Gasteiger partial charge on any atom is 0.284 e. The lowest BCUT2D eigenvalue weighted by Gasteiger charge is -2.33. The summed E-state index contributed by atoms with van der Waals surface area (Å²) in [5.41, 5.74) is 1.88. The monoisotopic (exact) mass is 510 g/mol. The number of hydrogen-bond donors (Lipinski definition) is 3. The largest absolute Gasteiger partial charge is 0.378 e. The van der Waals surface area contributed by atoms with E-state index in [9.17, 15) is 13.2 Å². The van der Waals surface area contributed by atoms with E-state index in [-0.39, 0.29) is 15.9 Å². The smallest absolute Gasteiger partial charge is 0.284 e. The van der Waals surface area contributed by atoms with Crippen molar-refractivity contribution in [2.24, 2.45) is 0 Å². The number of ether oxygens (including phenoxy) is 1. The number of carbonyl (C=O) groups is 1. The van der Waals surface area contributed by atoms with Crippen molar-refractivity contribution >= 4 is 60.5 Å². The molecule has 0 unspecified atom stereocenters. The molecule has 3 N–H and O–H groups in total. The highest BCUT2D eigenvalue weighted by molar-refractivity contribution is 7.92. The van der Waals surface area contributed by atoms with E-state index >= 15 is 0 Å². The SMILES string of the molecule is CCOC1CCN(c2ncc(Cl)cc2NS(=O)(=O)c2ccc3sc(C(=O)NO)cc3c2)CC1. The molecule has 33 heavy (non-hydrogen) atoms. The number of nitrogens with zero attached hydrogens (tertiary/aromatic N) is 2. The molecule has 12 heteroatoms. The van der Waals surface area contributed by atoms with Crippen LogP contribution in [0.5, 0.6) is 0 Å². The summed E-state index contributed by atoms with van der Waals surface area (Å²) in [5, 5.41) is 9.72. The van der Waals surface area contributed by atoms with Gasteiger partial charge in [0, 0.05) is 30.6 Å². The van der Waals surface area contributed by atoms with Gasteiger partial charge in [0.1, 0.15) is 0 Å². The predicted molar refractivity (Wildman–Crippen MR) is 128 cm³/mol. The van der Waals surface area contributed by atoms with Crippen LogP contribution < -0.4 is 15.1 Å². The van der Waals surface area contributed by atoms with Crippen molar-refractivity contribution in [1.29, 1.82) is 0 Å². The normalized spacial score (nSPS) is 15.1. The molecular formula is C21H23ClN4O5S2. The standard InChI is InChI=1S/C21H23ClN4O5S2/c1-2-31-15-5-7-26(8-6-15)20-17(11-14(22)12-23-20)25-33(29,30)16-3-4-18-13(9-16)10-19(32-18)21(27)24-28/h3-4,9-12,15,25,28H,2,5-8H2,1H3,(H,24,27). The van der Waals surface area contributed by atoms with Crippen LogP contribution in [0.4, 0.5) is 11.5 Å².